The lowest BCUT2D eigenvalue weighted by atomic mass is 9.81. The smallest absolute Gasteiger partial charge is 0.228 e. The van der Waals surface area contributed by atoms with E-state index in [4.69, 9.17) is 4.74 Å². The van der Waals surface area contributed by atoms with E-state index >= 15 is 0 Å². The number of aromatic nitrogens is 1. The highest BCUT2D eigenvalue weighted by atomic mass is 32.1. The van der Waals surface area contributed by atoms with Crippen LogP contribution in [-0.2, 0) is 19.9 Å². The van der Waals surface area contributed by atoms with Crippen LogP contribution < -0.4 is 9.30 Å². The van der Waals surface area contributed by atoms with Gasteiger partial charge in [0.1, 0.15) is 18.5 Å². The number of aryl methyl sites for hydroxylation is 2. The zero-order valence-corrected chi connectivity index (χ0v) is 25.8. The maximum atomic E-state index is 7.08. The van der Waals surface area contributed by atoms with Gasteiger partial charge in [0, 0.05) is 37.2 Å². The second-order valence-corrected chi connectivity index (χ2v) is 15.2. The van der Waals surface area contributed by atoms with Crippen molar-refractivity contribution in [1.29, 1.82) is 0 Å². The summed E-state index contributed by atoms with van der Waals surface area (Å²) in [6.45, 7) is 16.2. The average Bonchev–Trinajstić information content (AvgIpc) is 3.23. The molecule has 1 aliphatic rings. The number of ether oxygens (including phenoxy) is 1. The molecular weight excluding hydrogens is 506 g/mol. The summed E-state index contributed by atoms with van der Waals surface area (Å²) in [4.78, 5) is 0. The molecule has 0 fully saturated rings. The molecule has 2 nitrogen and oxygen atoms in total. The van der Waals surface area contributed by atoms with E-state index in [2.05, 4.69) is 121 Å². The molecule has 0 saturated carbocycles. The molecule has 2 aromatic heterocycles. The summed E-state index contributed by atoms with van der Waals surface area (Å²) < 4.78 is 12.1. The van der Waals surface area contributed by atoms with Crippen LogP contribution in [0.4, 0.5) is 0 Å². The molecule has 7 rings (SSSR count). The van der Waals surface area contributed by atoms with Crippen LogP contribution in [0.5, 0.6) is 11.5 Å². The van der Waals surface area contributed by atoms with E-state index < -0.39 is 0 Å². The van der Waals surface area contributed by atoms with Crippen LogP contribution >= 0.6 is 11.3 Å². The highest BCUT2D eigenvalue weighted by Crippen LogP contribution is 2.54. The molecule has 1 aliphatic heterocycles. The molecule has 0 atom stereocenters. The van der Waals surface area contributed by atoms with E-state index in [0.717, 1.165) is 24.3 Å². The van der Waals surface area contributed by atoms with Crippen LogP contribution in [0.1, 0.15) is 58.2 Å². The lowest BCUT2D eigenvalue weighted by molar-refractivity contribution is -0.659. The van der Waals surface area contributed by atoms with Gasteiger partial charge in [-0.1, -0.05) is 77.9 Å². The summed E-state index contributed by atoms with van der Waals surface area (Å²) in [6, 6.07) is 20.5. The van der Waals surface area contributed by atoms with Gasteiger partial charge in [0.05, 0.1) is 10.9 Å². The van der Waals surface area contributed by atoms with E-state index in [1.807, 2.05) is 11.3 Å². The summed E-state index contributed by atoms with van der Waals surface area (Å²) in [5.74, 6) is 2.01. The van der Waals surface area contributed by atoms with Gasteiger partial charge in [0.15, 0.2) is 6.20 Å². The number of pyridine rings is 1. The highest BCUT2D eigenvalue weighted by Gasteiger charge is 2.34. The first-order valence-electron chi connectivity index (χ1n) is 14.4. The Labute approximate surface area is 241 Å². The summed E-state index contributed by atoms with van der Waals surface area (Å²) in [6.07, 6.45) is 4.26. The van der Waals surface area contributed by atoms with Gasteiger partial charge in [-0.2, -0.15) is 0 Å². The molecular formula is C37H38NOS+. The Morgan fingerprint density at radius 2 is 1.50 bits per heavy atom. The molecule has 0 spiro atoms. The minimum Gasteiger partial charge on any atom is -0.455 e. The van der Waals surface area contributed by atoms with Gasteiger partial charge in [0.2, 0.25) is 5.69 Å². The van der Waals surface area contributed by atoms with Gasteiger partial charge >= 0.3 is 0 Å². The quantitative estimate of drug-likeness (QED) is 0.197. The first kappa shape index (κ1) is 25.5. The van der Waals surface area contributed by atoms with Crippen LogP contribution in [0, 0.1) is 17.8 Å². The summed E-state index contributed by atoms with van der Waals surface area (Å²) in [5, 5.41) is 7.76. The molecule has 0 amide bonds. The van der Waals surface area contributed by atoms with Gasteiger partial charge in [-0.15, -0.1) is 11.3 Å². The van der Waals surface area contributed by atoms with Gasteiger partial charge in [-0.3, -0.25) is 0 Å². The molecule has 4 aromatic carbocycles. The van der Waals surface area contributed by atoms with Crippen LogP contribution in [0.25, 0.3) is 53.0 Å². The highest BCUT2D eigenvalue weighted by molar-refractivity contribution is 7.26. The van der Waals surface area contributed by atoms with Crippen LogP contribution in [0.2, 0.25) is 0 Å². The zero-order chi connectivity index (χ0) is 28.1. The molecule has 0 saturated heterocycles. The van der Waals surface area contributed by atoms with Crippen molar-refractivity contribution in [1.82, 2.24) is 0 Å². The average molecular weight is 545 g/mol. The van der Waals surface area contributed by atoms with Crippen LogP contribution in [0.3, 0.4) is 0 Å². The van der Waals surface area contributed by atoms with Crippen LogP contribution in [-0.4, -0.2) is 0 Å². The SMILES string of the molecule is Cc1c2c(c(CC(C)(C)C)c3ccccc13)Oc1cc3c4ccc(CC(C)(C)C)cc4sc3c3cc[n+](C)c-2c13. The summed E-state index contributed by atoms with van der Waals surface area (Å²) in [5.41, 5.74) is 6.91. The Morgan fingerprint density at radius 1 is 0.775 bits per heavy atom. The zero-order valence-electron chi connectivity index (χ0n) is 25.0. The molecule has 0 radical (unpaired) electrons. The van der Waals surface area contributed by atoms with E-state index in [0.29, 0.717) is 0 Å². The molecule has 202 valence electrons. The van der Waals surface area contributed by atoms with E-state index in [9.17, 15) is 0 Å². The standard InChI is InChI=1S/C37H38NOS/c1-21-23-11-9-10-12-24(23)28(20-37(5,6)7)34-31(21)33-32-26(15-16-38(33)8)35-27(18-29(32)39-34)25-14-13-22(17-30(25)40-35)19-36(2,3)4/h9-18H,19-20H2,1-8H3/q+1. The Balaban J connectivity index is 1.57. The van der Waals surface area contributed by atoms with Crippen molar-refractivity contribution >= 4 is 53.1 Å². The molecule has 3 heterocycles. The normalized spacial score (nSPS) is 13.4. The predicted molar refractivity (Wildman–Crippen MR) is 172 cm³/mol. The number of benzene rings is 4. The number of hydrogen-bond acceptors (Lipinski definition) is 2. The van der Waals surface area contributed by atoms with Crippen molar-refractivity contribution in [3.05, 3.63) is 77.5 Å². The van der Waals surface area contributed by atoms with Crippen molar-refractivity contribution in [2.45, 2.75) is 61.3 Å². The number of hydrogen-bond donors (Lipinski definition) is 0. The lowest BCUT2D eigenvalue weighted by Gasteiger charge is -2.28. The fourth-order valence-corrected chi connectivity index (χ4v) is 8.04. The first-order valence-corrected chi connectivity index (χ1v) is 15.2. The van der Waals surface area contributed by atoms with Gasteiger partial charge in [0.25, 0.3) is 0 Å². The monoisotopic (exact) mass is 544 g/mol. The van der Waals surface area contributed by atoms with E-state index in [1.54, 1.807) is 0 Å². The molecule has 0 bridgehead atoms. The third kappa shape index (κ3) is 3.93. The molecule has 40 heavy (non-hydrogen) atoms. The fourth-order valence-electron chi connectivity index (χ4n) is 6.76. The van der Waals surface area contributed by atoms with Crippen molar-refractivity contribution in [3.8, 4) is 22.8 Å². The Morgan fingerprint density at radius 3 is 2.23 bits per heavy atom. The molecule has 3 heteroatoms. The third-order valence-electron chi connectivity index (χ3n) is 8.31. The summed E-state index contributed by atoms with van der Waals surface area (Å²) >= 11 is 1.92. The van der Waals surface area contributed by atoms with Crippen LogP contribution in [0.15, 0.2) is 60.8 Å². The first-order chi connectivity index (χ1) is 18.9. The predicted octanol–water partition coefficient (Wildman–Crippen LogP) is 10.4. The van der Waals surface area contributed by atoms with Crippen molar-refractivity contribution in [3.63, 3.8) is 0 Å². The van der Waals surface area contributed by atoms with E-state index in [-0.39, 0.29) is 10.8 Å². The Kier molecular flexibility index (Phi) is 5.45. The largest absolute Gasteiger partial charge is 0.455 e. The maximum Gasteiger partial charge on any atom is 0.228 e. The van der Waals surface area contributed by atoms with E-state index in [1.165, 1.54) is 69.7 Å². The van der Waals surface area contributed by atoms with Gasteiger partial charge in [-0.25, -0.2) is 4.57 Å². The summed E-state index contributed by atoms with van der Waals surface area (Å²) in [7, 11) is 2.18. The molecule has 0 unspecified atom stereocenters. The number of rotatable bonds is 2. The van der Waals surface area contributed by atoms with Crippen molar-refractivity contribution < 1.29 is 9.30 Å². The van der Waals surface area contributed by atoms with Crippen molar-refractivity contribution in [2.75, 3.05) is 0 Å². The van der Waals surface area contributed by atoms with Gasteiger partial charge < -0.3 is 4.74 Å². The molecule has 6 aromatic rings. The minimum atomic E-state index is 0.127. The van der Waals surface area contributed by atoms with Crippen molar-refractivity contribution in [2.24, 2.45) is 17.9 Å². The second kappa shape index (κ2) is 8.54. The minimum absolute atomic E-state index is 0.127. The third-order valence-corrected chi connectivity index (χ3v) is 9.51. The topological polar surface area (TPSA) is 13.1 Å². The Hall–Kier alpha value is -3.43. The fraction of sp³-hybridized carbons (Fsp3) is 0.324. The lowest BCUT2D eigenvalue weighted by Crippen LogP contribution is -2.32. The number of thiophene rings is 1. The molecule has 0 N–H and O–H groups in total. The Bertz CT molecular complexity index is 2010. The number of fused-ring (bicyclic) bond motifs is 7. The van der Waals surface area contributed by atoms with Gasteiger partial charge in [-0.05, 0) is 64.6 Å². The number of nitrogens with zero attached hydrogens (tertiary/aromatic N) is 1. The maximum absolute atomic E-state index is 7.08. The molecule has 0 aliphatic carbocycles. The second-order valence-electron chi connectivity index (χ2n) is 14.2.